The summed E-state index contributed by atoms with van der Waals surface area (Å²) in [6, 6.07) is 4.11. The van der Waals surface area contributed by atoms with E-state index in [1.807, 2.05) is 19.9 Å². The van der Waals surface area contributed by atoms with Gasteiger partial charge in [-0.3, -0.25) is 9.20 Å². The van der Waals surface area contributed by atoms with E-state index in [1.54, 1.807) is 0 Å². The zero-order valence-electron chi connectivity index (χ0n) is 16.7. The van der Waals surface area contributed by atoms with Crippen molar-refractivity contribution in [2.24, 2.45) is 5.92 Å². The van der Waals surface area contributed by atoms with Crippen molar-refractivity contribution in [2.75, 3.05) is 5.75 Å². The summed E-state index contributed by atoms with van der Waals surface area (Å²) in [5, 5.41) is 8.07. The molecule has 0 radical (unpaired) electrons. The lowest BCUT2D eigenvalue weighted by atomic mass is 10.1. The maximum atomic E-state index is 13.0. The predicted octanol–water partition coefficient (Wildman–Crippen LogP) is 5.19. The molecule has 0 saturated heterocycles. The van der Waals surface area contributed by atoms with Gasteiger partial charge in [0.1, 0.15) is 0 Å². The Kier molecular flexibility index (Phi) is 6.07. The Morgan fingerprint density at radius 3 is 2.59 bits per heavy atom. The van der Waals surface area contributed by atoms with Gasteiger partial charge in [0.15, 0.2) is 16.6 Å². The number of carbonyl (C=O) groups excluding carboxylic acids is 1. The molecule has 29 heavy (non-hydrogen) atoms. The van der Waals surface area contributed by atoms with Crippen LogP contribution in [-0.4, -0.2) is 30.7 Å². The van der Waals surface area contributed by atoms with Crippen LogP contribution < -0.4 is 0 Å². The summed E-state index contributed by atoms with van der Waals surface area (Å²) < 4.78 is 42.3. The molecule has 156 valence electrons. The third-order valence-corrected chi connectivity index (χ3v) is 5.78. The number of halogens is 3. The number of alkyl halides is 3. The second-order valence-corrected chi connectivity index (χ2v) is 8.40. The van der Waals surface area contributed by atoms with Crippen LogP contribution in [0.15, 0.2) is 29.6 Å². The summed E-state index contributed by atoms with van der Waals surface area (Å²) in [6.07, 6.45) is -2.48. The van der Waals surface area contributed by atoms with E-state index < -0.39 is 11.7 Å². The maximum Gasteiger partial charge on any atom is 0.417 e. The lowest BCUT2D eigenvalue weighted by Gasteiger charge is -2.11. The molecule has 9 heteroatoms. The maximum absolute atomic E-state index is 13.0. The van der Waals surface area contributed by atoms with E-state index in [0.717, 1.165) is 48.4 Å². The van der Waals surface area contributed by atoms with Crippen molar-refractivity contribution in [3.8, 4) is 0 Å². The van der Waals surface area contributed by atoms with Crippen LogP contribution in [0.25, 0.3) is 5.65 Å². The highest BCUT2D eigenvalue weighted by atomic mass is 32.2. The topological polar surface area (TPSA) is 52.2 Å². The smallest absolute Gasteiger partial charge is 0.348 e. The number of hydrogen-bond acceptors (Lipinski definition) is 4. The fourth-order valence-corrected chi connectivity index (χ4v) is 3.96. The number of rotatable bonds is 7. The Hall–Kier alpha value is -2.29. The summed E-state index contributed by atoms with van der Waals surface area (Å²) in [6.45, 7) is 9.06. The molecule has 0 atom stereocenters. The fraction of sp³-hybridized carbons (Fsp3) is 0.450. The van der Waals surface area contributed by atoms with E-state index in [-0.39, 0.29) is 16.7 Å². The lowest BCUT2D eigenvalue weighted by Crippen LogP contribution is -2.09. The zero-order chi connectivity index (χ0) is 21.3. The number of pyridine rings is 1. The van der Waals surface area contributed by atoms with Gasteiger partial charge in [0.05, 0.1) is 11.3 Å². The highest BCUT2D eigenvalue weighted by molar-refractivity contribution is 7.99. The van der Waals surface area contributed by atoms with Gasteiger partial charge in [-0.05, 0) is 44.4 Å². The third-order valence-electron chi connectivity index (χ3n) is 4.83. The van der Waals surface area contributed by atoms with Crippen molar-refractivity contribution in [3.05, 3.63) is 46.9 Å². The number of hydrogen-bond donors (Lipinski definition) is 0. The van der Waals surface area contributed by atoms with Gasteiger partial charge in [-0.1, -0.05) is 25.6 Å². The van der Waals surface area contributed by atoms with Crippen LogP contribution in [0.5, 0.6) is 0 Å². The Balaban J connectivity index is 1.77. The van der Waals surface area contributed by atoms with E-state index in [0.29, 0.717) is 17.1 Å². The van der Waals surface area contributed by atoms with E-state index in [2.05, 4.69) is 28.6 Å². The van der Waals surface area contributed by atoms with Crippen LogP contribution >= 0.6 is 11.8 Å². The van der Waals surface area contributed by atoms with Gasteiger partial charge in [-0.25, -0.2) is 0 Å². The molecule has 0 bridgehead atoms. The summed E-state index contributed by atoms with van der Waals surface area (Å²) in [5.41, 5.74) is 2.11. The van der Waals surface area contributed by atoms with Crippen molar-refractivity contribution < 1.29 is 18.0 Å². The molecule has 0 aliphatic carbocycles. The molecule has 3 aromatic heterocycles. The summed E-state index contributed by atoms with van der Waals surface area (Å²) in [5.74, 6) is 0.558. The highest BCUT2D eigenvalue weighted by Crippen LogP contribution is 2.30. The van der Waals surface area contributed by atoms with Crippen LogP contribution in [0.4, 0.5) is 13.2 Å². The second-order valence-electron chi connectivity index (χ2n) is 7.46. The Morgan fingerprint density at radius 1 is 1.21 bits per heavy atom. The molecule has 0 spiro atoms. The predicted molar refractivity (Wildman–Crippen MR) is 106 cm³/mol. The SMILES string of the molecule is Cc1cc(C(=O)CSc2nnc3ccc(C(F)(F)F)cn23)c(C)n1CCC(C)C. The minimum absolute atomic E-state index is 0.0749. The normalized spacial score (nSPS) is 12.3. The minimum Gasteiger partial charge on any atom is -0.348 e. The monoisotopic (exact) mass is 424 g/mol. The van der Waals surface area contributed by atoms with Gasteiger partial charge in [-0.2, -0.15) is 13.2 Å². The van der Waals surface area contributed by atoms with Crippen LogP contribution in [-0.2, 0) is 12.7 Å². The number of Topliss-reactive ketones (excluding diaryl/α,β-unsaturated/α-hetero) is 1. The average Bonchev–Trinajstić information content (AvgIpc) is 3.17. The Labute approximate surface area is 171 Å². The number of fused-ring (bicyclic) bond motifs is 1. The molecule has 0 aromatic carbocycles. The van der Waals surface area contributed by atoms with Gasteiger partial charge in [0.2, 0.25) is 0 Å². The zero-order valence-corrected chi connectivity index (χ0v) is 17.6. The van der Waals surface area contributed by atoms with E-state index in [4.69, 9.17) is 0 Å². The second kappa shape index (κ2) is 8.22. The Morgan fingerprint density at radius 2 is 1.93 bits per heavy atom. The minimum atomic E-state index is -4.45. The van der Waals surface area contributed by atoms with Gasteiger partial charge in [0, 0.05) is 29.7 Å². The highest BCUT2D eigenvalue weighted by Gasteiger charge is 2.31. The van der Waals surface area contributed by atoms with Crippen molar-refractivity contribution in [3.63, 3.8) is 0 Å². The molecule has 3 aromatic rings. The molecule has 0 saturated carbocycles. The van der Waals surface area contributed by atoms with Crippen molar-refractivity contribution in [1.29, 1.82) is 0 Å². The number of thioether (sulfide) groups is 1. The Bertz CT molecular complexity index is 1040. The molecular formula is C20H23F3N4OS. The molecular weight excluding hydrogens is 401 g/mol. The number of aromatic nitrogens is 4. The van der Waals surface area contributed by atoms with Gasteiger partial charge < -0.3 is 4.57 Å². The van der Waals surface area contributed by atoms with E-state index in [1.165, 1.54) is 10.5 Å². The van der Waals surface area contributed by atoms with Crippen molar-refractivity contribution in [1.82, 2.24) is 19.2 Å². The summed E-state index contributed by atoms with van der Waals surface area (Å²) in [4.78, 5) is 12.8. The molecule has 3 heterocycles. The molecule has 0 aliphatic heterocycles. The first kappa shape index (κ1) is 21.4. The lowest BCUT2D eigenvalue weighted by molar-refractivity contribution is -0.137. The molecule has 3 rings (SSSR count). The quantitative estimate of drug-likeness (QED) is 0.387. The largest absolute Gasteiger partial charge is 0.417 e. The summed E-state index contributed by atoms with van der Waals surface area (Å²) in [7, 11) is 0. The first-order valence-corrected chi connectivity index (χ1v) is 10.3. The molecule has 0 unspecified atom stereocenters. The third kappa shape index (κ3) is 4.66. The number of carbonyl (C=O) groups is 1. The van der Waals surface area contributed by atoms with Crippen LogP contribution in [0.3, 0.4) is 0 Å². The van der Waals surface area contributed by atoms with Crippen LogP contribution in [0.2, 0.25) is 0 Å². The van der Waals surface area contributed by atoms with Crippen molar-refractivity contribution in [2.45, 2.75) is 52.0 Å². The van der Waals surface area contributed by atoms with Gasteiger partial charge in [0.25, 0.3) is 0 Å². The number of ketones is 1. The molecule has 0 N–H and O–H groups in total. The number of nitrogens with zero attached hydrogens (tertiary/aromatic N) is 4. The van der Waals surface area contributed by atoms with Gasteiger partial charge in [-0.15, -0.1) is 10.2 Å². The van der Waals surface area contributed by atoms with Crippen molar-refractivity contribution >= 4 is 23.2 Å². The van der Waals surface area contributed by atoms with E-state index >= 15 is 0 Å². The van der Waals surface area contributed by atoms with Crippen LogP contribution in [0.1, 0.15) is 47.6 Å². The molecule has 0 fully saturated rings. The van der Waals surface area contributed by atoms with Gasteiger partial charge >= 0.3 is 6.18 Å². The van der Waals surface area contributed by atoms with E-state index in [9.17, 15) is 18.0 Å². The fourth-order valence-electron chi connectivity index (χ4n) is 3.16. The summed E-state index contributed by atoms with van der Waals surface area (Å²) >= 11 is 1.08. The van der Waals surface area contributed by atoms with Crippen LogP contribution in [0, 0.1) is 19.8 Å². The molecule has 0 amide bonds. The number of aryl methyl sites for hydroxylation is 1. The molecule has 5 nitrogen and oxygen atoms in total. The standard InChI is InChI=1S/C20H23F3N4OS/c1-12(2)7-8-26-13(3)9-16(14(26)4)17(28)11-29-19-25-24-18-6-5-15(10-27(18)19)20(21,22)23/h5-6,9-10,12H,7-8,11H2,1-4H3. The first-order chi connectivity index (χ1) is 13.6. The first-order valence-electron chi connectivity index (χ1n) is 9.32. The average molecular weight is 424 g/mol. The molecule has 0 aliphatic rings.